The van der Waals surface area contributed by atoms with Crippen molar-refractivity contribution in [3.63, 3.8) is 0 Å². The van der Waals surface area contributed by atoms with Crippen molar-refractivity contribution in [1.82, 2.24) is 10.6 Å². The average molecular weight is 517 g/mol. The molecule has 3 atom stereocenters. The van der Waals surface area contributed by atoms with Crippen molar-refractivity contribution in [2.45, 2.75) is 38.0 Å². The number of nitro benzene ring substituents is 1. The third-order valence-electron chi connectivity index (χ3n) is 5.19. The number of amides is 2. The first-order valence-corrected chi connectivity index (χ1v) is 11.2. The Morgan fingerprint density at radius 3 is 2.19 bits per heavy atom. The van der Waals surface area contributed by atoms with Crippen LogP contribution in [0.25, 0.3) is 0 Å². The quantitative estimate of drug-likeness (QED) is 0.172. The largest absolute Gasteiger partial charge is 0.480 e. The van der Waals surface area contributed by atoms with Crippen LogP contribution >= 0.6 is 0 Å². The molecule has 0 bridgehead atoms. The maximum Gasteiger partial charge on any atom is 0.408 e. The Kier molecular flexibility index (Phi) is 11.0. The molecule has 0 aliphatic carbocycles. The number of alkyl carbamates (subject to hydrolysis) is 1. The smallest absolute Gasteiger partial charge is 0.408 e. The lowest BCUT2D eigenvalue weighted by Gasteiger charge is -2.26. The number of non-ortho nitro benzene ring substituents is 1. The fraction of sp³-hybridized carbons (Fsp3) is 0.333. The maximum absolute atomic E-state index is 12.8. The lowest BCUT2D eigenvalue weighted by molar-refractivity contribution is -0.384. The summed E-state index contributed by atoms with van der Waals surface area (Å²) in [7, 11) is 0. The Labute approximate surface area is 211 Å². The molecule has 0 spiro atoms. The maximum atomic E-state index is 12.8. The SMILES string of the molecule is CCOC(=O)C[C@@H](c1ccc([N+](=O)[O-])cc1)[C@@H](NC(=O)[C@H](CO)NC(=O)OCc1ccccc1)C(=O)O. The van der Waals surface area contributed by atoms with Crippen LogP contribution in [-0.4, -0.2) is 64.4 Å². The van der Waals surface area contributed by atoms with Crippen LogP contribution in [0.3, 0.4) is 0 Å². The molecular formula is C24H27N3O10. The third-order valence-corrected chi connectivity index (χ3v) is 5.19. The topological polar surface area (TPSA) is 194 Å². The number of benzene rings is 2. The zero-order chi connectivity index (χ0) is 27.4. The van der Waals surface area contributed by atoms with E-state index in [-0.39, 0.29) is 24.5 Å². The summed E-state index contributed by atoms with van der Waals surface area (Å²) >= 11 is 0. The van der Waals surface area contributed by atoms with Gasteiger partial charge < -0.3 is 30.3 Å². The van der Waals surface area contributed by atoms with Gasteiger partial charge in [0.25, 0.3) is 5.69 Å². The van der Waals surface area contributed by atoms with E-state index in [1.54, 1.807) is 37.3 Å². The van der Waals surface area contributed by atoms with E-state index in [0.717, 1.165) is 12.1 Å². The van der Waals surface area contributed by atoms with Crippen molar-refractivity contribution in [2.75, 3.05) is 13.2 Å². The van der Waals surface area contributed by atoms with Gasteiger partial charge in [-0.2, -0.15) is 0 Å². The summed E-state index contributed by atoms with van der Waals surface area (Å²) in [6.07, 6.45) is -1.50. The molecular weight excluding hydrogens is 490 g/mol. The lowest BCUT2D eigenvalue weighted by atomic mass is 9.88. The molecule has 4 N–H and O–H groups in total. The summed E-state index contributed by atoms with van der Waals surface area (Å²) in [4.78, 5) is 59.5. The van der Waals surface area contributed by atoms with Crippen molar-refractivity contribution in [1.29, 1.82) is 0 Å². The van der Waals surface area contributed by atoms with Crippen molar-refractivity contribution >= 4 is 29.6 Å². The molecule has 2 aromatic carbocycles. The van der Waals surface area contributed by atoms with Gasteiger partial charge in [0.05, 0.1) is 24.6 Å². The molecule has 0 fully saturated rings. The molecule has 2 aromatic rings. The van der Waals surface area contributed by atoms with Gasteiger partial charge in [-0.05, 0) is 18.1 Å². The second-order valence-electron chi connectivity index (χ2n) is 7.73. The van der Waals surface area contributed by atoms with Crippen LogP contribution in [0, 0.1) is 10.1 Å². The molecule has 0 heterocycles. The third kappa shape index (κ3) is 8.89. The number of esters is 1. The highest BCUT2D eigenvalue weighted by Gasteiger charge is 2.35. The van der Waals surface area contributed by atoms with E-state index in [1.165, 1.54) is 12.1 Å². The van der Waals surface area contributed by atoms with E-state index in [4.69, 9.17) is 9.47 Å². The van der Waals surface area contributed by atoms with Crippen molar-refractivity contribution in [3.05, 3.63) is 75.8 Å². The Morgan fingerprint density at radius 2 is 1.65 bits per heavy atom. The minimum Gasteiger partial charge on any atom is -0.480 e. The number of carbonyl (C=O) groups is 4. The van der Waals surface area contributed by atoms with Crippen LogP contribution in [0.1, 0.15) is 30.4 Å². The molecule has 198 valence electrons. The predicted octanol–water partition coefficient (Wildman–Crippen LogP) is 1.49. The number of aliphatic hydroxyl groups is 1. The molecule has 37 heavy (non-hydrogen) atoms. The van der Waals surface area contributed by atoms with E-state index in [9.17, 15) is 39.5 Å². The van der Waals surface area contributed by atoms with Crippen molar-refractivity contribution in [2.24, 2.45) is 0 Å². The molecule has 0 aliphatic heterocycles. The molecule has 13 nitrogen and oxygen atoms in total. The van der Waals surface area contributed by atoms with Gasteiger partial charge in [-0.3, -0.25) is 19.7 Å². The van der Waals surface area contributed by atoms with Gasteiger partial charge >= 0.3 is 18.0 Å². The van der Waals surface area contributed by atoms with Crippen LogP contribution in [-0.2, 0) is 30.5 Å². The Morgan fingerprint density at radius 1 is 1.00 bits per heavy atom. The minimum atomic E-state index is -1.71. The first kappa shape index (κ1) is 28.7. The fourth-order valence-corrected chi connectivity index (χ4v) is 3.36. The Bertz CT molecular complexity index is 1090. The normalized spacial score (nSPS) is 12.9. The predicted molar refractivity (Wildman–Crippen MR) is 127 cm³/mol. The second-order valence-corrected chi connectivity index (χ2v) is 7.73. The molecule has 0 saturated heterocycles. The Hall–Kier alpha value is -4.52. The number of nitro groups is 1. The number of hydrogen-bond donors (Lipinski definition) is 4. The van der Waals surface area contributed by atoms with E-state index < -0.39 is 59.9 Å². The van der Waals surface area contributed by atoms with Crippen LogP contribution < -0.4 is 10.6 Å². The molecule has 2 rings (SSSR count). The number of carbonyl (C=O) groups excluding carboxylic acids is 3. The molecule has 0 aliphatic rings. The monoisotopic (exact) mass is 517 g/mol. The van der Waals surface area contributed by atoms with Crippen molar-refractivity contribution < 1.29 is 43.8 Å². The number of aliphatic carboxylic acids is 1. The number of aliphatic hydroxyl groups excluding tert-OH is 1. The number of rotatable bonds is 13. The zero-order valence-electron chi connectivity index (χ0n) is 19.9. The first-order valence-electron chi connectivity index (χ1n) is 11.2. The number of carboxylic acids is 1. The standard InChI is InChI=1S/C24H27N3O10/c1-2-36-20(29)12-18(16-8-10-17(11-9-16)27(34)35)21(23(31)32)26-22(30)19(13-28)25-24(33)37-14-15-6-4-3-5-7-15/h3-11,18-19,21,28H,2,12-14H2,1H3,(H,25,33)(H,26,30)(H,31,32)/t18-,19-,21+/m0/s1. The van der Waals surface area contributed by atoms with Gasteiger partial charge in [-0.15, -0.1) is 0 Å². The van der Waals surface area contributed by atoms with Crippen LogP contribution in [0.15, 0.2) is 54.6 Å². The number of nitrogens with one attached hydrogen (secondary N) is 2. The summed E-state index contributed by atoms with van der Waals surface area (Å²) in [6, 6.07) is 10.2. The fourth-order valence-electron chi connectivity index (χ4n) is 3.36. The summed E-state index contributed by atoms with van der Waals surface area (Å²) in [5.74, 6) is -4.52. The first-order chi connectivity index (χ1) is 17.7. The highest BCUT2D eigenvalue weighted by molar-refractivity contribution is 5.90. The van der Waals surface area contributed by atoms with E-state index in [0.29, 0.717) is 5.56 Å². The van der Waals surface area contributed by atoms with Crippen LogP contribution in [0.2, 0.25) is 0 Å². The number of nitrogens with zero attached hydrogens (tertiary/aromatic N) is 1. The molecule has 0 radical (unpaired) electrons. The van der Waals surface area contributed by atoms with Gasteiger partial charge in [0.15, 0.2) is 0 Å². The van der Waals surface area contributed by atoms with E-state index in [1.807, 2.05) is 0 Å². The number of carboxylic acid groups (broad SMARTS) is 1. The van der Waals surface area contributed by atoms with E-state index >= 15 is 0 Å². The van der Waals surface area contributed by atoms with Gasteiger partial charge in [-0.25, -0.2) is 9.59 Å². The second kappa shape index (κ2) is 14.1. The highest BCUT2D eigenvalue weighted by atomic mass is 16.6. The van der Waals surface area contributed by atoms with Gasteiger partial charge in [0.1, 0.15) is 18.7 Å². The minimum absolute atomic E-state index is 0.0253. The average Bonchev–Trinajstić information content (AvgIpc) is 2.88. The number of ether oxygens (including phenoxy) is 2. The molecule has 0 unspecified atom stereocenters. The number of hydrogen-bond acceptors (Lipinski definition) is 9. The van der Waals surface area contributed by atoms with Crippen LogP contribution in [0.5, 0.6) is 0 Å². The van der Waals surface area contributed by atoms with Crippen LogP contribution in [0.4, 0.5) is 10.5 Å². The summed E-state index contributed by atoms with van der Waals surface area (Å²) in [6.45, 7) is 0.603. The zero-order valence-corrected chi connectivity index (χ0v) is 19.9. The summed E-state index contributed by atoms with van der Waals surface area (Å²) in [5.41, 5.74) is 0.633. The van der Waals surface area contributed by atoms with Gasteiger partial charge in [-0.1, -0.05) is 42.5 Å². The summed E-state index contributed by atoms with van der Waals surface area (Å²) in [5, 5.41) is 34.8. The molecule has 0 aromatic heterocycles. The Balaban J connectivity index is 2.18. The van der Waals surface area contributed by atoms with Gasteiger partial charge in [0, 0.05) is 18.1 Å². The van der Waals surface area contributed by atoms with E-state index in [2.05, 4.69) is 10.6 Å². The summed E-state index contributed by atoms with van der Waals surface area (Å²) < 4.78 is 9.93. The van der Waals surface area contributed by atoms with Crippen molar-refractivity contribution in [3.8, 4) is 0 Å². The van der Waals surface area contributed by atoms with Gasteiger partial charge in [0.2, 0.25) is 5.91 Å². The molecule has 2 amide bonds. The molecule has 13 heteroatoms. The molecule has 0 saturated carbocycles. The highest BCUT2D eigenvalue weighted by Crippen LogP contribution is 2.27. The lowest BCUT2D eigenvalue weighted by Crippen LogP contribution is -2.54.